The lowest BCUT2D eigenvalue weighted by atomic mass is 9.74. The predicted molar refractivity (Wildman–Crippen MR) is 174 cm³/mol. The van der Waals surface area contributed by atoms with Crippen molar-refractivity contribution in [1.82, 2.24) is 4.90 Å². The van der Waals surface area contributed by atoms with Gasteiger partial charge < -0.3 is 19.3 Å². The number of benzene rings is 3. The fraction of sp³-hybridized carbons (Fsp3) is 0.389. The highest BCUT2D eigenvalue weighted by molar-refractivity contribution is 6.30. The molecule has 2 aliphatic heterocycles. The zero-order valence-corrected chi connectivity index (χ0v) is 27.6. The van der Waals surface area contributed by atoms with Gasteiger partial charge in [-0.25, -0.2) is 4.39 Å². The molecular weight excluding hydrogens is 632 g/mol. The Morgan fingerprint density at radius 1 is 1.15 bits per heavy atom. The normalized spacial score (nSPS) is 20.9. The minimum Gasteiger partial charge on any atom is -0.461 e. The van der Waals surface area contributed by atoms with E-state index in [1.165, 1.54) is 24.2 Å². The molecule has 2 heterocycles. The molecule has 3 aromatic rings. The number of methoxy groups -OCH3 is 1. The molecule has 0 radical (unpaired) electrons. The van der Waals surface area contributed by atoms with E-state index in [0.717, 1.165) is 0 Å². The zero-order chi connectivity index (χ0) is 33.2. The van der Waals surface area contributed by atoms with Crippen LogP contribution < -0.4 is 0 Å². The van der Waals surface area contributed by atoms with Gasteiger partial charge in [-0.15, -0.1) is 0 Å². The number of ether oxygens (including phenoxy) is 3. The summed E-state index contributed by atoms with van der Waals surface area (Å²) in [6.45, 7) is 8.05. The average molecular weight is 671 g/mol. The number of nitrogens with zero attached hydrogens (tertiary/aromatic N) is 1. The monoisotopic (exact) mass is 669 g/mol. The number of halogens is 3. The smallest absolute Gasteiger partial charge is 0.311 e. The maximum absolute atomic E-state index is 16.9. The molecule has 1 fully saturated rings. The second-order valence-electron chi connectivity index (χ2n) is 11.8. The molecule has 46 heavy (non-hydrogen) atoms. The zero-order valence-electron chi connectivity index (χ0n) is 26.1. The van der Waals surface area contributed by atoms with E-state index < -0.39 is 41.0 Å². The maximum atomic E-state index is 16.9. The molecule has 0 aromatic heterocycles. The molecule has 5 rings (SSSR count). The molecule has 4 atom stereocenters. The second kappa shape index (κ2) is 13.8. The Kier molecular flexibility index (Phi) is 10.3. The lowest BCUT2D eigenvalue weighted by molar-refractivity contribution is -0.154. The lowest BCUT2D eigenvalue weighted by Crippen LogP contribution is -2.51. The highest BCUT2D eigenvalue weighted by atomic mass is 35.5. The molecule has 1 amide bonds. The number of rotatable bonds is 11. The third kappa shape index (κ3) is 5.86. The summed E-state index contributed by atoms with van der Waals surface area (Å²) in [5, 5.41) is 12.9. The molecule has 244 valence electrons. The molecule has 0 spiro atoms. The quantitative estimate of drug-likeness (QED) is 0.167. The number of aliphatic hydroxyl groups is 1. The third-order valence-corrected chi connectivity index (χ3v) is 9.87. The minimum atomic E-state index is -1.83. The van der Waals surface area contributed by atoms with Gasteiger partial charge in [-0.3, -0.25) is 14.5 Å². The Hall–Kier alpha value is -3.27. The third-order valence-electron chi connectivity index (χ3n) is 9.36. The van der Waals surface area contributed by atoms with Crippen LogP contribution >= 0.6 is 23.2 Å². The van der Waals surface area contributed by atoms with Gasteiger partial charge >= 0.3 is 5.97 Å². The van der Waals surface area contributed by atoms with Crippen LogP contribution in [0.1, 0.15) is 71.8 Å². The van der Waals surface area contributed by atoms with Crippen molar-refractivity contribution in [1.29, 1.82) is 0 Å². The van der Waals surface area contributed by atoms with Crippen molar-refractivity contribution in [3.8, 4) is 0 Å². The first-order valence-corrected chi connectivity index (χ1v) is 16.1. The number of hydrogen-bond acceptors (Lipinski definition) is 6. The highest BCUT2D eigenvalue weighted by Crippen LogP contribution is 2.53. The first-order chi connectivity index (χ1) is 22.0. The Morgan fingerprint density at radius 3 is 2.33 bits per heavy atom. The maximum Gasteiger partial charge on any atom is 0.311 e. The topological polar surface area (TPSA) is 85.3 Å². The van der Waals surface area contributed by atoms with Crippen LogP contribution in [0.25, 0.3) is 0 Å². The van der Waals surface area contributed by atoms with Crippen molar-refractivity contribution in [3.05, 3.63) is 117 Å². The van der Waals surface area contributed by atoms with E-state index in [1.54, 1.807) is 61.5 Å². The molecule has 1 N–H and O–H groups in total. The van der Waals surface area contributed by atoms with Crippen LogP contribution in [0.2, 0.25) is 10.0 Å². The standard InChI is InChI=1S/C36H38Cl2FNO6/c1-5-17-46-34(42)22(3)32(23-7-11-27(37)12-8-23)40-33(41)29-20-26(35(43,6-2)24-15-18-45-19-16-24)21-30(39)31(29)36(40,44-4)25-9-13-28(38)14-10-25/h5,7-14,20-22,24,32,43H,1,6,15-19H2,2-4H3/t22-,32-,35-,36+/m0/s1. The van der Waals surface area contributed by atoms with Crippen LogP contribution in [0.15, 0.2) is 73.3 Å². The van der Waals surface area contributed by atoms with Gasteiger partial charge in [0.25, 0.3) is 5.91 Å². The van der Waals surface area contributed by atoms with Crippen molar-refractivity contribution >= 4 is 35.1 Å². The van der Waals surface area contributed by atoms with Crippen LogP contribution in [-0.4, -0.2) is 48.8 Å². The molecular formula is C36H38Cl2FNO6. The predicted octanol–water partition coefficient (Wildman–Crippen LogP) is 7.57. The van der Waals surface area contributed by atoms with Crippen molar-refractivity contribution in [3.63, 3.8) is 0 Å². The van der Waals surface area contributed by atoms with Crippen LogP contribution in [0, 0.1) is 17.7 Å². The van der Waals surface area contributed by atoms with Crippen LogP contribution in [0.5, 0.6) is 0 Å². The molecule has 0 saturated carbocycles. The average Bonchev–Trinajstić information content (AvgIpc) is 3.33. The number of hydrogen-bond donors (Lipinski definition) is 1. The van der Waals surface area contributed by atoms with Crippen LogP contribution in [-0.2, 0) is 30.3 Å². The van der Waals surface area contributed by atoms with E-state index in [0.29, 0.717) is 59.2 Å². The largest absolute Gasteiger partial charge is 0.461 e. The fourth-order valence-electron chi connectivity index (χ4n) is 6.99. The summed E-state index contributed by atoms with van der Waals surface area (Å²) in [6, 6.07) is 15.2. The molecule has 1 saturated heterocycles. The van der Waals surface area contributed by atoms with Gasteiger partial charge in [0.2, 0.25) is 0 Å². The number of carbonyl (C=O) groups is 2. The summed E-state index contributed by atoms with van der Waals surface area (Å²) in [5.74, 6) is -3.04. The van der Waals surface area contributed by atoms with Gasteiger partial charge in [-0.1, -0.05) is 67.0 Å². The Bertz CT molecular complexity index is 1590. The van der Waals surface area contributed by atoms with Crippen molar-refractivity contribution < 1.29 is 33.3 Å². The van der Waals surface area contributed by atoms with E-state index in [1.807, 2.05) is 6.92 Å². The summed E-state index contributed by atoms with van der Waals surface area (Å²) in [7, 11) is 1.39. The first kappa shape index (κ1) is 34.1. The molecule has 7 nitrogen and oxygen atoms in total. The van der Waals surface area contributed by atoms with Crippen molar-refractivity contribution in [2.45, 2.75) is 50.5 Å². The molecule has 2 aliphatic rings. The molecule has 0 bridgehead atoms. The fourth-order valence-corrected chi connectivity index (χ4v) is 7.24. The summed E-state index contributed by atoms with van der Waals surface area (Å²) < 4.78 is 34.1. The summed E-state index contributed by atoms with van der Waals surface area (Å²) >= 11 is 12.5. The van der Waals surface area contributed by atoms with Crippen molar-refractivity contribution in [2.24, 2.45) is 11.8 Å². The lowest BCUT2D eigenvalue weighted by Gasteiger charge is -2.44. The SMILES string of the molecule is C=CCOC(=O)[C@@H](C)[C@@H](c1ccc(Cl)cc1)N1C(=O)c2cc([C@](O)(CC)C3CCOCC3)cc(F)c2[C@]1(OC)c1ccc(Cl)cc1. The van der Waals surface area contributed by atoms with Crippen molar-refractivity contribution in [2.75, 3.05) is 26.9 Å². The van der Waals surface area contributed by atoms with Gasteiger partial charge in [0.15, 0.2) is 5.72 Å². The van der Waals surface area contributed by atoms with E-state index in [4.69, 9.17) is 37.4 Å². The Balaban J connectivity index is 1.78. The summed E-state index contributed by atoms with van der Waals surface area (Å²) in [6.07, 6.45) is 2.95. The van der Waals surface area contributed by atoms with Gasteiger partial charge in [-0.05, 0) is 79.6 Å². The molecule has 0 unspecified atom stereocenters. The van der Waals surface area contributed by atoms with Gasteiger partial charge in [0, 0.05) is 35.9 Å². The first-order valence-electron chi connectivity index (χ1n) is 15.4. The minimum absolute atomic E-state index is 0.0244. The summed E-state index contributed by atoms with van der Waals surface area (Å²) in [4.78, 5) is 29.7. The number of fused-ring (bicyclic) bond motifs is 1. The van der Waals surface area contributed by atoms with Crippen LogP contribution in [0.3, 0.4) is 0 Å². The van der Waals surface area contributed by atoms with Crippen LogP contribution in [0.4, 0.5) is 4.39 Å². The highest BCUT2D eigenvalue weighted by Gasteiger charge is 2.58. The number of esters is 1. The Labute approximate surface area is 278 Å². The van der Waals surface area contributed by atoms with Gasteiger partial charge in [-0.2, -0.15) is 0 Å². The second-order valence-corrected chi connectivity index (χ2v) is 12.7. The van der Waals surface area contributed by atoms with Gasteiger partial charge in [0.05, 0.1) is 28.7 Å². The van der Waals surface area contributed by atoms with Gasteiger partial charge in [0.1, 0.15) is 12.4 Å². The molecule has 0 aliphatic carbocycles. The van der Waals surface area contributed by atoms with E-state index in [-0.39, 0.29) is 23.7 Å². The van der Waals surface area contributed by atoms with E-state index in [9.17, 15) is 14.7 Å². The number of amides is 1. The molecule has 3 aromatic carbocycles. The molecule has 10 heteroatoms. The Morgan fingerprint density at radius 2 is 1.76 bits per heavy atom. The summed E-state index contributed by atoms with van der Waals surface area (Å²) in [5.41, 5.74) is -1.97. The van der Waals surface area contributed by atoms with E-state index in [2.05, 4.69) is 6.58 Å². The van der Waals surface area contributed by atoms with E-state index >= 15 is 4.39 Å². The number of carbonyl (C=O) groups excluding carboxylic acids is 2.